The molecule has 0 saturated carbocycles. The molecule has 7 nitrogen and oxygen atoms in total. The van der Waals surface area contributed by atoms with E-state index in [2.05, 4.69) is 42.4 Å². The molecule has 0 bridgehead atoms. The normalized spacial score (nSPS) is 10.8. The lowest BCUT2D eigenvalue weighted by Gasteiger charge is -2.10. The predicted molar refractivity (Wildman–Crippen MR) is 116 cm³/mol. The van der Waals surface area contributed by atoms with Crippen LogP contribution < -0.4 is 10.2 Å². The lowest BCUT2D eigenvalue weighted by Crippen LogP contribution is -2.19. The zero-order chi connectivity index (χ0) is 20.8. The Morgan fingerprint density at radius 2 is 1.76 bits per heavy atom. The molecule has 0 unspecified atom stereocenters. The van der Waals surface area contributed by atoms with E-state index in [4.69, 9.17) is 9.84 Å². The van der Waals surface area contributed by atoms with Gasteiger partial charge in [-0.25, -0.2) is 10.2 Å². The number of carbonyl (C=O) groups is 2. The number of nitrogens with one attached hydrogen (secondary N) is 1. The fraction of sp³-hybridized carbons (Fsp3) is 0.0500. The van der Waals surface area contributed by atoms with E-state index in [0.29, 0.717) is 25.8 Å². The van der Waals surface area contributed by atoms with Gasteiger partial charge in [0.2, 0.25) is 0 Å². The molecule has 1 heterocycles. The highest BCUT2D eigenvalue weighted by Gasteiger charge is 2.12. The van der Waals surface area contributed by atoms with Gasteiger partial charge in [0, 0.05) is 12.4 Å². The van der Waals surface area contributed by atoms with Gasteiger partial charge in [0.05, 0.1) is 26.4 Å². The number of ether oxygens (including phenoxy) is 1. The van der Waals surface area contributed by atoms with Crippen molar-refractivity contribution in [1.29, 1.82) is 0 Å². The van der Waals surface area contributed by atoms with Gasteiger partial charge in [-0.15, -0.1) is 0 Å². The van der Waals surface area contributed by atoms with E-state index in [1.54, 1.807) is 24.3 Å². The number of hydrogen-bond acceptors (Lipinski definition) is 4. The third kappa shape index (κ3) is 5.33. The van der Waals surface area contributed by atoms with Crippen LogP contribution in [0.1, 0.15) is 15.9 Å². The molecular formula is C20H15Br2N3O4. The summed E-state index contributed by atoms with van der Waals surface area (Å²) in [4.78, 5) is 23.2. The molecule has 2 aromatic carbocycles. The van der Waals surface area contributed by atoms with Crippen LogP contribution in [0.5, 0.6) is 5.75 Å². The first-order valence-electron chi connectivity index (χ1n) is 8.35. The Bertz CT molecular complexity index is 1040. The molecule has 29 heavy (non-hydrogen) atoms. The second kappa shape index (κ2) is 9.53. The topological polar surface area (TPSA) is 92.9 Å². The van der Waals surface area contributed by atoms with Crippen LogP contribution in [-0.4, -0.2) is 34.4 Å². The molecule has 0 aliphatic rings. The van der Waals surface area contributed by atoms with Crippen LogP contribution in [0.15, 0.2) is 75.0 Å². The van der Waals surface area contributed by atoms with Gasteiger partial charge >= 0.3 is 5.97 Å². The summed E-state index contributed by atoms with van der Waals surface area (Å²) in [6.07, 6.45) is 5.20. The van der Waals surface area contributed by atoms with E-state index >= 15 is 0 Å². The lowest BCUT2D eigenvalue weighted by molar-refractivity contribution is -0.139. The van der Waals surface area contributed by atoms with Gasteiger partial charge in [0.25, 0.3) is 5.91 Å². The molecule has 0 aliphatic heterocycles. The van der Waals surface area contributed by atoms with Crippen LogP contribution in [0, 0.1) is 0 Å². The number of halogens is 2. The van der Waals surface area contributed by atoms with Crippen molar-refractivity contribution in [2.45, 2.75) is 0 Å². The minimum Gasteiger partial charge on any atom is -0.480 e. The fourth-order valence-corrected chi connectivity index (χ4v) is 3.99. The Labute approximate surface area is 183 Å². The van der Waals surface area contributed by atoms with Crippen molar-refractivity contribution in [3.63, 3.8) is 0 Å². The minimum absolute atomic E-state index is 0.343. The van der Waals surface area contributed by atoms with Crippen molar-refractivity contribution in [1.82, 2.24) is 9.99 Å². The van der Waals surface area contributed by atoms with Crippen molar-refractivity contribution in [3.05, 3.63) is 81.0 Å². The zero-order valence-corrected chi connectivity index (χ0v) is 18.1. The number of aromatic nitrogens is 1. The van der Waals surface area contributed by atoms with Gasteiger partial charge in [-0.2, -0.15) is 5.10 Å². The molecule has 0 aliphatic carbocycles. The van der Waals surface area contributed by atoms with E-state index in [9.17, 15) is 9.59 Å². The van der Waals surface area contributed by atoms with Gasteiger partial charge < -0.3 is 14.4 Å². The van der Waals surface area contributed by atoms with Crippen molar-refractivity contribution in [2.75, 3.05) is 6.61 Å². The summed E-state index contributed by atoms with van der Waals surface area (Å²) in [5.74, 6) is -1.04. The van der Waals surface area contributed by atoms with Crippen molar-refractivity contribution < 1.29 is 19.4 Å². The molecule has 0 atom stereocenters. The van der Waals surface area contributed by atoms with Gasteiger partial charge in [0.1, 0.15) is 5.75 Å². The number of benzene rings is 2. The molecule has 3 aromatic rings. The van der Waals surface area contributed by atoms with E-state index < -0.39 is 12.6 Å². The number of hydrogen-bond donors (Lipinski definition) is 2. The van der Waals surface area contributed by atoms with Gasteiger partial charge in [-0.05, 0) is 73.8 Å². The Kier molecular flexibility index (Phi) is 6.84. The largest absolute Gasteiger partial charge is 0.480 e. The van der Waals surface area contributed by atoms with Crippen LogP contribution in [0.3, 0.4) is 0 Å². The summed E-state index contributed by atoms with van der Waals surface area (Å²) in [5.41, 5.74) is 4.43. The SMILES string of the molecule is O=C(O)COc1c(Br)cc(/C=N\NC(=O)c2ccccc2-n2cccc2)cc1Br. The third-order valence-corrected chi connectivity index (χ3v) is 4.95. The number of amides is 1. The summed E-state index contributed by atoms with van der Waals surface area (Å²) in [7, 11) is 0. The second-order valence-corrected chi connectivity index (χ2v) is 7.51. The molecule has 3 rings (SSSR count). The predicted octanol–water partition coefficient (Wildman–Crippen LogP) is 4.23. The number of carboxylic acids is 1. The highest BCUT2D eigenvalue weighted by Crippen LogP contribution is 2.34. The maximum absolute atomic E-state index is 12.6. The number of rotatable bonds is 7. The Balaban J connectivity index is 1.72. The summed E-state index contributed by atoms with van der Waals surface area (Å²) < 4.78 is 8.18. The monoisotopic (exact) mass is 519 g/mol. The summed E-state index contributed by atoms with van der Waals surface area (Å²) >= 11 is 6.68. The van der Waals surface area contributed by atoms with Crippen molar-refractivity contribution in [2.24, 2.45) is 5.10 Å². The summed E-state index contributed by atoms with van der Waals surface area (Å²) in [6.45, 7) is -0.457. The molecule has 9 heteroatoms. The molecule has 0 radical (unpaired) electrons. The van der Waals surface area contributed by atoms with Crippen LogP contribution >= 0.6 is 31.9 Å². The molecule has 1 aromatic heterocycles. The van der Waals surface area contributed by atoms with E-state index in [1.807, 2.05) is 41.2 Å². The number of carbonyl (C=O) groups excluding carboxylic acids is 1. The van der Waals surface area contributed by atoms with Gasteiger partial charge in [-0.1, -0.05) is 12.1 Å². The molecular weight excluding hydrogens is 506 g/mol. The average molecular weight is 521 g/mol. The Morgan fingerprint density at radius 1 is 1.10 bits per heavy atom. The third-order valence-electron chi connectivity index (χ3n) is 3.77. The molecule has 0 spiro atoms. The standard InChI is InChI=1S/C20H15Br2N3O4/c21-15-9-13(10-16(22)19(15)29-12-18(26)27)11-23-24-20(28)14-5-1-2-6-17(14)25-7-3-4-8-25/h1-11H,12H2,(H,24,28)(H,26,27)/b23-11-. The maximum atomic E-state index is 12.6. The van der Waals surface area contributed by atoms with Crippen LogP contribution in [0.2, 0.25) is 0 Å². The zero-order valence-electron chi connectivity index (χ0n) is 14.9. The van der Waals surface area contributed by atoms with Crippen molar-refractivity contribution in [3.8, 4) is 11.4 Å². The molecule has 1 amide bonds. The molecule has 2 N–H and O–H groups in total. The van der Waals surface area contributed by atoms with Gasteiger partial charge in [-0.3, -0.25) is 4.79 Å². The smallest absolute Gasteiger partial charge is 0.341 e. The maximum Gasteiger partial charge on any atom is 0.341 e. The van der Waals surface area contributed by atoms with E-state index in [0.717, 1.165) is 5.69 Å². The Hall–Kier alpha value is -2.91. The minimum atomic E-state index is -1.07. The van der Waals surface area contributed by atoms with E-state index in [1.165, 1.54) is 6.21 Å². The van der Waals surface area contributed by atoms with Crippen molar-refractivity contribution >= 4 is 50.0 Å². The number of hydrazone groups is 1. The summed E-state index contributed by atoms with van der Waals surface area (Å²) in [5, 5.41) is 12.8. The number of carboxylic acid groups (broad SMARTS) is 1. The van der Waals surface area contributed by atoms with Crippen LogP contribution in [0.25, 0.3) is 5.69 Å². The highest BCUT2D eigenvalue weighted by atomic mass is 79.9. The van der Waals surface area contributed by atoms with E-state index in [-0.39, 0.29) is 5.91 Å². The average Bonchev–Trinajstić information content (AvgIpc) is 3.21. The lowest BCUT2D eigenvalue weighted by atomic mass is 10.1. The first-order valence-corrected chi connectivity index (χ1v) is 9.93. The quantitative estimate of drug-likeness (QED) is 0.360. The number of para-hydroxylation sites is 1. The molecule has 148 valence electrons. The first kappa shape index (κ1) is 20.8. The molecule has 0 saturated heterocycles. The first-order chi connectivity index (χ1) is 14.0. The Morgan fingerprint density at radius 3 is 2.41 bits per heavy atom. The summed E-state index contributed by atoms with van der Waals surface area (Å²) in [6, 6.07) is 14.4. The second-order valence-electron chi connectivity index (χ2n) is 5.80. The van der Waals surface area contributed by atoms with Gasteiger partial charge in [0.15, 0.2) is 6.61 Å². The highest BCUT2D eigenvalue weighted by molar-refractivity contribution is 9.11. The number of nitrogens with zero attached hydrogens (tertiary/aromatic N) is 2. The molecule has 0 fully saturated rings. The van der Waals surface area contributed by atoms with Crippen LogP contribution in [0.4, 0.5) is 0 Å². The number of aliphatic carboxylic acids is 1. The van der Waals surface area contributed by atoms with Crippen LogP contribution in [-0.2, 0) is 4.79 Å². The fourth-order valence-electron chi connectivity index (χ4n) is 2.54.